The zero-order valence-corrected chi connectivity index (χ0v) is 17.4. The van der Waals surface area contributed by atoms with E-state index < -0.39 is 5.97 Å². The first-order valence-electron chi connectivity index (χ1n) is 9.47. The molecule has 0 amide bonds. The Morgan fingerprint density at radius 1 is 0.935 bits per heavy atom. The van der Waals surface area contributed by atoms with E-state index in [0.717, 1.165) is 15.6 Å². The molecule has 0 fully saturated rings. The number of nitrogens with zero attached hydrogens (tertiary/aromatic N) is 1. The quantitative estimate of drug-likeness (QED) is 0.305. The van der Waals surface area contributed by atoms with Gasteiger partial charge in [0.1, 0.15) is 17.2 Å². The van der Waals surface area contributed by atoms with Gasteiger partial charge in [-0.2, -0.15) is 5.26 Å². The molecule has 152 valence electrons. The van der Waals surface area contributed by atoms with E-state index >= 15 is 0 Å². The molecule has 1 heterocycles. The zero-order valence-electron chi connectivity index (χ0n) is 16.6. The molecule has 4 rings (SSSR count). The van der Waals surface area contributed by atoms with Gasteiger partial charge < -0.3 is 9.47 Å². The molecule has 0 unspecified atom stereocenters. The summed E-state index contributed by atoms with van der Waals surface area (Å²) in [5.74, 6) is -0.0136. The van der Waals surface area contributed by atoms with Gasteiger partial charge in [-0.15, -0.1) is 11.3 Å². The van der Waals surface area contributed by atoms with E-state index in [0.29, 0.717) is 27.3 Å². The van der Waals surface area contributed by atoms with Crippen molar-refractivity contribution < 1.29 is 19.1 Å². The Labute approximate surface area is 183 Å². The second-order valence-corrected chi connectivity index (χ2v) is 7.80. The first kappa shape index (κ1) is 20.3. The Morgan fingerprint density at radius 3 is 2.29 bits per heavy atom. The number of nitriles is 1. The molecule has 0 radical (unpaired) electrons. The summed E-state index contributed by atoms with van der Waals surface area (Å²) in [5.41, 5.74) is 2.32. The summed E-state index contributed by atoms with van der Waals surface area (Å²) in [6.07, 6.45) is 0. The molecule has 0 N–H and O–H groups in total. The van der Waals surface area contributed by atoms with Crippen LogP contribution in [0, 0.1) is 11.3 Å². The molecule has 1 aromatic heterocycles. The third-order valence-corrected chi connectivity index (χ3v) is 5.94. The molecule has 0 saturated heterocycles. The number of hydrogen-bond acceptors (Lipinski definition) is 6. The summed E-state index contributed by atoms with van der Waals surface area (Å²) < 4.78 is 11.8. The summed E-state index contributed by atoms with van der Waals surface area (Å²) >= 11 is 1.38. The monoisotopic (exact) mass is 427 g/mol. The van der Waals surface area contributed by atoms with Crippen LogP contribution in [-0.2, 0) is 11.3 Å². The van der Waals surface area contributed by atoms with Crippen LogP contribution < -0.4 is 4.74 Å². The lowest BCUT2D eigenvalue weighted by molar-refractivity contribution is 0.0600. The van der Waals surface area contributed by atoms with Gasteiger partial charge in [-0.25, -0.2) is 4.79 Å². The SMILES string of the molecule is COC(=O)c1ccc(COc2c(C(=O)c3ccc(C#N)cc3)sc3ccccc23)cc1. The van der Waals surface area contributed by atoms with Crippen LogP contribution in [0.15, 0.2) is 72.8 Å². The molecule has 5 nitrogen and oxygen atoms in total. The molecule has 0 atom stereocenters. The van der Waals surface area contributed by atoms with Crippen molar-refractivity contribution in [1.82, 2.24) is 0 Å². The van der Waals surface area contributed by atoms with Crippen LogP contribution in [0.5, 0.6) is 5.75 Å². The van der Waals surface area contributed by atoms with Crippen LogP contribution in [0.4, 0.5) is 0 Å². The topological polar surface area (TPSA) is 76.4 Å². The highest BCUT2D eigenvalue weighted by molar-refractivity contribution is 7.21. The van der Waals surface area contributed by atoms with Crippen molar-refractivity contribution in [2.24, 2.45) is 0 Å². The van der Waals surface area contributed by atoms with Crippen molar-refractivity contribution in [2.45, 2.75) is 6.61 Å². The molecule has 0 aliphatic rings. The number of fused-ring (bicyclic) bond motifs is 1. The predicted octanol–water partition coefficient (Wildman–Crippen LogP) is 5.37. The Morgan fingerprint density at radius 2 is 1.61 bits per heavy atom. The van der Waals surface area contributed by atoms with Crippen molar-refractivity contribution in [1.29, 1.82) is 5.26 Å². The number of esters is 1. The number of ketones is 1. The summed E-state index contributed by atoms with van der Waals surface area (Å²) in [6.45, 7) is 0.246. The molecule has 0 aliphatic carbocycles. The zero-order chi connectivity index (χ0) is 21.8. The van der Waals surface area contributed by atoms with Gasteiger partial charge in [0, 0.05) is 15.6 Å². The first-order chi connectivity index (χ1) is 15.1. The molecule has 0 aliphatic heterocycles. The fraction of sp³-hybridized carbons (Fsp3) is 0.0800. The molecule has 0 spiro atoms. The van der Waals surface area contributed by atoms with Gasteiger partial charge in [-0.1, -0.05) is 24.3 Å². The third kappa shape index (κ3) is 4.18. The number of carbonyl (C=O) groups excluding carboxylic acids is 2. The molecule has 0 bridgehead atoms. The van der Waals surface area contributed by atoms with E-state index in [-0.39, 0.29) is 12.4 Å². The van der Waals surface area contributed by atoms with Crippen molar-refractivity contribution in [3.05, 3.63) is 99.9 Å². The van der Waals surface area contributed by atoms with Gasteiger partial charge in [-0.3, -0.25) is 4.79 Å². The Kier molecular flexibility index (Phi) is 5.78. The maximum Gasteiger partial charge on any atom is 0.337 e. The van der Waals surface area contributed by atoms with E-state index in [4.69, 9.17) is 14.7 Å². The molecule has 0 saturated carbocycles. The van der Waals surface area contributed by atoms with E-state index in [9.17, 15) is 9.59 Å². The minimum absolute atomic E-state index is 0.151. The number of methoxy groups -OCH3 is 1. The Bertz CT molecular complexity index is 1300. The average molecular weight is 427 g/mol. The molecule has 4 aromatic rings. The number of carbonyl (C=O) groups is 2. The van der Waals surface area contributed by atoms with Gasteiger partial charge in [0.25, 0.3) is 0 Å². The van der Waals surface area contributed by atoms with E-state index in [1.54, 1.807) is 48.5 Å². The van der Waals surface area contributed by atoms with Crippen LogP contribution in [0.2, 0.25) is 0 Å². The number of thiophene rings is 1. The molecule has 6 heteroatoms. The molecular formula is C25H17NO4S. The second-order valence-electron chi connectivity index (χ2n) is 6.75. The fourth-order valence-electron chi connectivity index (χ4n) is 3.15. The lowest BCUT2D eigenvalue weighted by atomic mass is 10.1. The minimum atomic E-state index is -0.397. The van der Waals surface area contributed by atoms with E-state index in [1.165, 1.54) is 18.4 Å². The lowest BCUT2D eigenvalue weighted by Crippen LogP contribution is -2.04. The summed E-state index contributed by atoms with van der Waals surface area (Å²) in [4.78, 5) is 25.3. The van der Waals surface area contributed by atoms with Crippen molar-refractivity contribution >= 4 is 33.2 Å². The van der Waals surface area contributed by atoms with Crippen molar-refractivity contribution in [3.8, 4) is 11.8 Å². The Balaban J connectivity index is 1.64. The summed E-state index contributed by atoms with van der Waals surface area (Å²) in [6, 6.07) is 23.3. The smallest absolute Gasteiger partial charge is 0.337 e. The van der Waals surface area contributed by atoms with Crippen LogP contribution in [0.1, 0.15) is 36.7 Å². The largest absolute Gasteiger partial charge is 0.487 e. The number of rotatable bonds is 6. The van der Waals surface area contributed by atoms with Gasteiger partial charge in [0.2, 0.25) is 5.78 Å². The predicted molar refractivity (Wildman–Crippen MR) is 119 cm³/mol. The lowest BCUT2D eigenvalue weighted by Gasteiger charge is -2.09. The number of benzene rings is 3. The molecular weight excluding hydrogens is 410 g/mol. The second kappa shape index (κ2) is 8.82. The van der Waals surface area contributed by atoms with Gasteiger partial charge in [0.15, 0.2) is 0 Å². The minimum Gasteiger partial charge on any atom is -0.487 e. The van der Waals surface area contributed by atoms with Crippen molar-refractivity contribution in [2.75, 3.05) is 7.11 Å². The van der Waals surface area contributed by atoms with Crippen LogP contribution in [0.3, 0.4) is 0 Å². The highest BCUT2D eigenvalue weighted by Crippen LogP contribution is 2.39. The Hall–Kier alpha value is -3.95. The van der Waals surface area contributed by atoms with Crippen LogP contribution in [0.25, 0.3) is 10.1 Å². The van der Waals surface area contributed by atoms with Gasteiger partial charge >= 0.3 is 5.97 Å². The van der Waals surface area contributed by atoms with Crippen LogP contribution >= 0.6 is 11.3 Å². The number of hydrogen-bond donors (Lipinski definition) is 0. The molecule has 3 aromatic carbocycles. The van der Waals surface area contributed by atoms with E-state index in [1.807, 2.05) is 24.3 Å². The van der Waals surface area contributed by atoms with Gasteiger partial charge in [0.05, 0.1) is 24.3 Å². The third-order valence-electron chi connectivity index (χ3n) is 4.79. The standard InChI is InChI=1S/C25H17NO4S/c1-29-25(28)19-12-8-17(9-13-19)15-30-23-20-4-2-3-5-21(20)31-24(23)22(27)18-10-6-16(14-26)7-11-18/h2-13H,15H2,1H3. The highest BCUT2D eigenvalue weighted by Gasteiger charge is 2.21. The highest BCUT2D eigenvalue weighted by atomic mass is 32.1. The normalized spacial score (nSPS) is 10.5. The summed E-state index contributed by atoms with van der Waals surface area (Å²) in [5, 5.41) is 9.86. The maximum absolute atomic E-state index is 13.2. The average Bonchev–Trinajstić information content (AvgIpc) is 3.20. The van der Waals surface area contributed by atoms with Gasteiger partial charge in [-0.05, 0) is 54.1 Å². The maximum atomic E-state index is 13.2. The molecule has 31 heavy (non-hydrogen) atoms. The van der Waals surface area contributed by atoms with Crippen molar-refractivity contribution in [3.63, 3.8) is 0 Å². The summed E-state index contributed by atoms with van der Waals surface area (Å²) in [7, 11) is 1.34. The van der Waals surface area contributed by atoms with Crippen LogP contribution in [-0.4, -0.2) is 18.9 Å². The fourth-order valence-corrected chi connectivity index (χ4v) is 4.26. The first-order valence-corrected chi connectivity index (χ1v) is 10.3. The van der Waals surface area contributed by atoms with E-state index in [2.05, 4.69) is 6.07 Å². The number of ether oxygens (including phenoxy) is 2.